The fourth-order valence-corrected chi connectivity index (χ4v) is 1.46. The Morgan fingerprint density at radius 2 is 2.21 bits per heavy atom. The highest BCUT2D eigenvalue weighted by Crippen LogP contribution is 2.12. The third-order valence-electron chi connectivity index (χ3n) is 1.93. The predicted octanol–water partition coefficient (Wildman–Crippen LogP) is 1.29. The second-order valence-electron chi connectivity index (χ2n) is 4.76. The molecule has 0 saturated carbocycles. The molecule has 0 spiro atoms. The van der Waals surface area contributed by atoms with Gasteiger partial charge in [-0.3, -0.25) is 0 Å². The molecule has 14 heavy (non-hydrogen) atoms. The minimum Gasteiger partial charge on any atom is -0.244 e. The zero-order valence-electron chi connectivity index (χ0n) is 8.78. The second-order valence-corrected chi connectivity index (χ2v) is 4.76. The molecule has 2 rings (SSSR count). The fourth-order valence-electron chi connectivity index (χ4n) is 1.46. The number of fused-ring (bicyclic) bond motifs is 1. The predicted molar refractivity (Wildman–Crippen MR) is 53.5 cm³/mol. The van der Waals surface area contributed by atoms with Crippen molar-refractivity contribution in [3.8, 4) is 0 Å². The summed E-state index contributed by atoms with van der Waals surface area (Å²) in [7, 11) is 0. The smallest absolute Gasteiger partial charge is 0.206 e. The number of hydrogen-bond acceptors (Lipinski definition) is 2. The first-order chi connectivity index (χ1) is 6.54. The van der Waals surface area contributed by atoms with Gasteiger partial charge in [-0.25, -0.2) is 9.97 Å². The lowest BCUT2D eigenvalue weighted by molar-refractivity contribution is -0.758. The van der Waals surface area contributed by atoms with Crippen LogP contribution in [0, 0.1) is 5.41 Å². The van der Waals surface area contributed by atoms with Gasteiger partial charge >= 0.3 is 0 Å². The minimum atomic E-state index is 0.263. The third kappa shape index (κ3) is 1.89. The summed E-state index contributed by atoms with van der Waals surface area (Å²) in [6.07, 6.45) is 5.42. The van der Waals surface area contributed by atoms with Crippen LogP contribution in [0.4, 0.5) is 0 Å². The van der Waals surface area contributed by atoms with Crippen LogP contribution in [0.15, 0.2) is 18.7 Å². The number of aromatic nitrogens is 4. The Bertz CT molecular complexity index is 406. The SMILES string of the molecule is CC(C)(C)C[n+]1cc2cncnc2[nH]1. The molecule has 4 nitrogen and oxygen atoms in total. The topological polar surface area (TPSA) is 45.5 Å². The fraction of sp³-hybridized carbons (Fsp3) is 0.500. The molecule has 2 heterocycles. The molecular weight excluding hydrogens is 176 g/mol. The van der Waals surface area contributed by atoms with Crippen LogP contribution < -0.4 is 4.68 Å². The summed E-state index contributed by atoms with van der Waals surface area (Å²) in [5, 5.41) is 4.27. The normalized spacial score (nSPS) is 12.2. The van der Waals surface area contributed by atoms with Gasteiger partial charge < -0.3 is 0 Å². The van der Waals surface area contributed by atoms with Gasteiger partial charge in [0, 0.05) is 11.6 Å². The number of aromatic amines is 1. The van der Waals surface area contributed by atoms with Crippen molar-refractivity contribution in [2.45, 2.75) is 27.3 Å². The van der Waals surface area contributed by atoms with E-state index in [1.54, 1.807) is 6.33 Å². The molecule has 0 saturated heterocycles. The van der Waals surface area contributed by atoms with Crippen LogP contribution in [0.5, 0.6) is 0 Å². The van der Waals surface area contributed by atoms with E-state index < -0.39 is 0 Å². The van der Waals surface area contributed by atoms with Crippen LogP contribution >= 0.6 is 0 Å². The maximum atomic E-state index is 4.14. The van der Waals surface area contributed by atoms with E-state index in [0.29, 0.717) is 0 Å². The van der Waals surface area contributed by atoms with E-state index in [9.17, 15) is 0 Å². The Morgan fingerprint density at radius 1 is 1.43 bits per heavy atom. The molecule has 74 valence electrons. The van der Waals surface area contributed by atoms with Crippen molar-refractivity contribution >= 4 is 11.0 Å². The molecule has 0 radical (unpaired) electrons. The summed E-state index contributed by atoms with van der Waals surface area (Å²) in [6, 6.07) is 0. The van der Waals surface area contributed by atoms with E-state index in [4.69, 9.17) is 0 Å². The van der Waals surface area contributed by atoms with Crippen molar-refractivity contribution in [1.29, 1.82) is 0 Å². The summed E-state index contributed by atoms with van der Waals surface area (Å²) in [4.78, 5) is 8.12. The quantitative estimate of drug-likeness (QED) is 0.690. The average Bonchev–Trinajstić information content (AvgIpc) is 2.42. The van der Waals surface area contributed by atoms with E-state index in [2.05, 4.69) is 40.5 Å². The summed E-state index contributed by atoms with van der Waals surface area (Å²) in [5.41, 5.74) is 1.16. The van der Waals surface area contributed by atoms with Gasteiger partial charge in [0.05, 0.1) is 0 Å². The lowest BCUT2D eigenvalue weighted by Gasteiger charge is -2.10. The molecule has 1 N–H and O–H groups in total. The Morgan fingerprint density at radius 3 is 2.86 bits per heavy atom. The number of rotatable bonds is 1. The summed E-state index contributed by atoms with van der Waals surface area (Å²) >= 11 is 0. The standard InChI is InChI=1S/C10H14N4/c1-10(2,3)6-14-5-8-4-11-7-12-9(8)13-14/h4-5,7H,6H2,1-3H3/p+1. The third-order valence-corrected chi connectivity index (χ3v) is 1.93. The van der Waals surface area contributed by atoms with Crippen LogP contribution in [0.3, 0.4) is 0 Å². The highest BCUT2D eigenvalue weighted by Gasteiger charge is 2.19. The Labute approximate surface area is 83.0 Å². The monoisotopic (exact) mass is 191 g/mol. The molecule has 0 aromatic carbocycles. The first-order valence-electron chi connectivity index (χ1n) is 4.73. The van der Waals surface area contributed by atoms with Gasteiger partial charge in [-0.05, 0) is 0 Å². The van der Waals surface area contributed by atoms with E-state index in [-0.39, 0.29) is 5.41 Å². The van der Waals surface area contributed by atoms with Gasteiger partial charge in [-0.1, -0.05) is 20.8 Å². The summed E-state index contributed by atoms with van der Waals surface area (Å²) < 4.78 is 2.05. The second kappa shape index (κ2) is 3.04. The van der Waals surface area contributed by atoms with E-state index in [1.807, 2.05) is 12.4 Å². The molecule has 0 bridgehead atoms. The van der Waals surface area contributed by atoms with Crippen LogP contribution in [-0.2, 0) is 6.54 Å². The molecule has 0 atom stereocenters. The molecule has 0 fully saturated rings. The highest BCUT2D eigenvalue weighted by atomic mass is 15.3. The van der Waals surface area contributed by atoms with Crippen LogP contribution in [0.1, 0.15) is 20.8 Å². The number of H-pyrrole nitrogens is 1. The molecule has 0 aliphatic carbocycles. The molecule has 0 unspecified atom stereocenters. The molecule has 4 heteroatoms. The van der Waals surface area contributed by atoms with E-state index >= 15 is 0 Å². The molecular formula is C10H15N4+. The molecule has 0 amide bonds. The largest absolute Gasteiger partial charge is 0.244 e. The Hall–Kier alpha value is -1.45. The summed E-state index contributed by atoms with van der Waals surface area (Å²) in [6.45, 7) is 7.56. The average molecular weight is 191 g/mol. The van der Waals surface area contributed by atoms with Crippen LogP contribution in [0.2, 0.25) is 0 Å². The zero-order chi connectivity index (χ0) is 10.2. The van der Waals surface area contributed by atoms with Gasteiger partial charge in [0.1, 0.15) is 11.7 Å². The molecule has 2 aromatic rings. The van der Waals surface area contributed by atoms with Gasteiger partial charge in [0.2, 0.25) is 11.8 Å². The number of nitrogens with one attached hydrogen (secondary N) is 1. The molecule has 0 aliphatic rings. The first kappa shape index (κ1) is 9.12. The highest BCUT2D eigenvalue weighted by molar-refractivity contribution is 5.70. The maximum Gasteiger partial charge on any atom is 0.206 e. The molecule has 0 aliphatic heterocycles. The first-order valence-corrected chi connectivity index (χ1v) is 4.73. The lowest BCUT2D eigenvalue weighted by atomic mass is 9.97. The zero-order valence-corrected chi connectivity index (χ0v) is 8.78. The maximum absolute atomic E-state index is 4.14. The van der Waals surface area contributed by atoms with Gasteiger partial charge in [0.25, 0.3) is 0 Å². The van der Waals surface area contributed by atoms with Crippen molar-refractivity contribution in [3.05, 3.63) is 18.7 Å². The van der Waals surface area contributed by atoms with Gasteiger partial charge in [-0.2, -0.15) is 0 Å². The van der Waals surface area contributed by atoms with Crippen LogP contribution in [-0.4, -0.2) is 15.1 Å². The van der Waals surface area contributed by atoms with Crippen molar-refractivity contribution in [1.82, 2.24) is 15.1 Å². The Balaban J connectivity index is 2.36. The lowest BCUT2D eigenvalue weighted by Crippen LogP contribution is -2.41. The van der Waals surface area contributed by atoms with Crippen molar-refractivity contribution in [3.63, 3.8) is 0 Å². The van der Waals surface area contributed by atoms with Gasteiger partial charge in [-0.15, -0.1) is 9.78 Å². The van der Waals surface area contributed by atoms with Crippen molar-refractivity contribution in [2.75, 3.05) is 0 Å². The number of nitrogens with zero attached hydrogens (tertiary/aromatic N) is 3. The Kier molecular flexibility index (Phi) is 1.98. The summed E-state index contributed by atoms with van der Waals surface area (Å²) in [5.74, 6) is 0. The molecule has 2 aromatic heterocycles. The van der Waals surface area contributed by atoms with Crippen molar-refractivity contribution < 1.29 is 4.68 Å². The van der Waals surface area contributed by atoms with E-state index in [1.165, 1.54) is 0 Å². The van der Waals surface area contributed by atoms with Gasteiger partial charge in [0.15, 0.2) is 6.54 Å². The number of hydrogen-bond donors (Lipinski definition) is 1. The van der Waals surface area contributed by atoms with Crippen molar-refractivity contribution in [2.24, 2.45) is 5.41 Å². The minimum absolute atomic E-state index is 0.263. The van der Waals surface area contributed by atoms with E-state index in [0.717, 1.165) is 17.6 Å². The van der Waals surface area contributed by atoms with Crippen LogP contribution in [0.25, 0.3) is 11.0 Å².